The van der Waals surface area contributed by atoms with Crippen LogP contribution in [0.5, 0.6) is 0 Å². The Morgan fingerprint density at radius 2 is 2.06 bits per heavy atom. The van der Waals surface area contributed by atoms with Gasteiger partial charge in [0.25, 0.3) is 0 Å². The topological polar surface area (TPSA) is 38.7 Å². The van der Waals surface area contributed by atoms with Crippen LogP contribution in [0.25, 0.3) is 0 Å². The lowest BCUT2D eigenvalue weighted by Crippen LogP contribution is -2.58. The molecule has 0 aromatic carbocycles. The lowest BCUT2D eigenvalue weighted by Gasteiger charge is -2.45. The molecule has 1 aliphatic rings. The normalized spacial score (nSPS) is 23.2. The second-order valence-electron chi connectivity index (χ2n) is 6.13. The number of aliphatic hydroxyl groups excluding tert-OH is 1. The van der Waals surface area contributed by atoms with Crippen molar-refractivity contribution in [3.63, 3.8) is 0 Å². The van der Waals surface area contributed by atoms with Crippen molar-refractivity contribution in [1.29, 1.82) is 0 Å². The molecule has 4 heteroatoms. The average Bonchev–Trinajstić information content (AvgIpc) is 2.33. The molecule has 0 aliphatic carbocycles. The van der Waals surface area contributed by atoms with Gasteiger partial charge in [0.2, 0.25) is 0 Å². The van der Waals surface area contributed by atoms with Gasteiger partial charge in [0.15, 0.2) is 0 Å². The Morgan fingerprint density at radius 1 is 1.33 bits per heavy atom. The van der Waals surface area contributed by atoms with Crippen LogP contribution in [0.1, 0.15) is 33.6 Å². The van der Waals surface area contributed by atoms with E-state index in [1.807, 2.05) is 0 Å². The summed E-state index contributed by atoms with van der Waals surface area (Å²) in [6, 6.07) is 0.257. The molecular formula is C14H31N3O. The standard InChI is InChI=1S/C14H31N3O/c1-5-7-15-13(11-18)6-8-17-10-9-16(4)14(2,3)12-17/h13,15,18H,5-12H2,1-4H3. The van der Waals surface area contributed by atoms with Crippen molar-refractivity contribution < 1.29 is 5.11 Å². The Labute approximate surface area is 112 Å². The van der Waals surface area contributed by atoms with Gasteiger partial charge >= 0.3 is 0 Å². The Morgan fingerprint density at radius 3 is 2.61 bits per heavy atom. The minimum Gasteiger partial charge on any atom is -0.395 e. The lowest BCUT2D eigenvalue weighted by atomic mass is 9.99. The summed E-state index contributed by atoms with van der Waals surface area (Å²) < 4.78 is 0. The van der Waals surface area contributed by atoms with E-state index in [4.69, 9.17) is 0 Å². The fraction of sp³-hybridized carbons (Fsp3) is 1.00. The maximum Gasteiger partial charge on any atom is 0.0585 e. The van der Waals surface area contributed by atoms with Crippen molar-refractivity contribution in [2.75, 3.05) is 46.4 Å². The predicted octanol–water partition coefficient (Wildman–Crippen LogP) is 0.763. The number of likely N-dealkylation sites (N-methyl/N-ethyl adjacent to an activating group) is 1. The van der Waals surface area contributed by atoms with Crippen LogP contribution < -0.4 is 5.32 Å². The van der Waals surface area contributed by atoms with Gasteiger partial charge in [-0.1, -0.05) is 6.92 Å². The van der Waals surface area contributed by atoms with E-state index >= 15 is 0 Å². The molecule has 0 amide bonds. The van der Waals surface area contributed by atoms with Gasteiger partial charge in [-0.2, -0.15) is 0 Å². The highest BCUT2D eigenvalue weighted by Crippen LogP contribution is 2.18. The summed E-state index contributed by atoms with van der Waals surface area (Å²) in [5.74, 6) is 0. The van der Waals surface area contributed by atoms with E-state index in [2.05, 4.69) is 42.9 Å². The van der Waals surface area contributed by atoms with Gasteiger partial charge in [-0.3, -0.25) is 4.90 Å². The highest BCUT2D eigenvalue weighted by atomic mass is 16.3. The molecule has 1 fully saturated rings. The summed E-state index contributed by atoms with van der Waals surface area (Å²) in [7, 11) is 2.21. The number of aliphatic hydroxyl groups is 1. The molecule has 1 atom stereocenters. The SMILES string of the molecule is CCCNC(CO)CCN1CCN(C)C(C)(C)C1. The summed E-state index contributed by atoms with van der Waals surface area (Å²) >= 11 is 0. The van der Waals surface area contributed by atoms with Gasteiger partial charge in [0.1, 0.15) is 0 Å². The van der Waals surface area contributed by atoms with E-state index in [0.29, 0.717) is 0 Å². The first-order valence-corrected chi connectivity index (χ1v) is 7.27. The van der Waals surface area contributed by atoms with E-state index < -0.39 is 0 Å². The van der Waals surface area contributed by atoms with Crippen LogP contribution in [-0.4, -0.2) is 72.9 Å². The molecule has 0 spiro atoms. The molecular weight excluding hydrogens is 226 g/mol. The summed E-state index contributed by atoms with van der Waals surface area (Å²) in [6.07, 6.45) is 2.16. The average molecular weight is 257 g/mol. The third-order valence-corrected chi connectivity index (χ3v) is 4.09. The zero-order valence-electron chi connectivity index (χ0n) is 12.6. The second kappa shape index (κ2) is 7.43. The summed E-state index contributed by atoms with van der Waals surface area (Å²) in [6.45, 7) is 12.5. The molecule has 1 heterocycles. The van der Waals surface area contributed by atoms with Crippen LogP contribution in [0.4, 0.5) is 0 Å². The number of nitrogens with one attached hydrogen (secondary N) is 1. The van der Waals surface area contributed by atoms with Crippen LogP contribution in [0.2, 0.25) is 0 Å². The fourth-order valence-corrected chi connectivity index (χ4v) is 2.48. The van der Waals surface area contributed by atoms with Gasteiger partial charge in [0.05, 0.1) is 6.61 Å². The van der Waals surface area contributed by atoms with Crippen LogP contribution in [0, 0.1) is 0 Å². The number of hydrogen-bond acceptors (Lipinski definition) is 4. The molecule has 0 aromatic heterocycles. The summed E-state index contributed by atoms with van der Waals surface area (Å²) in [5.41, 5.74) is 0.268. The van der Waals surface area contributed by atoms with Gasteiger partial charge in [0, 0.05) is 31.2 Å². The van der Waals surface area contributed by atoms with E-state index in [0.717, 1.165) is 45.6 Å². The number of piperazine rings is 1. The molecule has 2 N–H and O–H groups in total. The highest BCUT2D eigenvalue weighted by molar-refractivity contribution is 4.88. The lowest BCUT2D eigenvalue weighted by molar-refractivity contribution is 0.0370. The van der Waals surface area contributed by atoms with Gasteiger partial charge < -0.3 is 15.3 Å². The summed E-state index contributed by atoms with van der Waals surface area (Å²) in [4.78, 5) is 4.96. The first kappa shape index (κ1) is 15.9. The van der Waals surface area contributed by atoms with Crippen LogP contribution in [0.15, 0.2) is 0 Å². The maximum atomic E-state index is 9.34. The molecule has 108 valence electrons. The van der Waals surface area contributed by atoms with Gasteiger partial charge in [-0.25, -0.2) is 0 Å². The van der Waals surface area contributed by atoms with Crippen molar-refractivity contribution in [3.05, 3.63) is 0 Å². The monoisotopic (exact) mass is 257 g/mol. The second-order valence-corrected chi connectivity index (χ2v) is 6.13. The van der Waals surface area contributed by atoms with Crippen LogP contribution >= 0.6 is 0 Å². The largest absolute Gasteiger partial charge is 0.395 e. The van der Waals surface area contributed by atoms with Gasteiger partial charge in [-0.15, -0.1) is 0 Å². The Balaban J connectivity index is 2.30. The maximum absolute atomic E-state index is 9.34. The Hall–Kier alpha value is -0.160. The van der Waals surface area contributed by atoms with Crippen molar-refractivity contribution in [1.82, 2.24) is 15.1 Å². The van der Waals surface area contributed by atoms with E-state index in [-0.39, 0.29) is 18.2 Å². The Bertz CT molecular complexity index is 233. The first-order valence-electron chi connectivity index (χ1n) is 7.27. The molecule has 1 aliphatic heterocycles. The molecule has 18 heavy (non-hydrogen) atoms. The van der Waals surface area contributed by atoms with Gasteiger partial charge in [-0.05, 0) is 46.8 Å². The molecule has 1 saturated heterocycles. The zero-order valence-corrected chi connectivity index (χ0v) is 12.6. The van der Waals surface area contributed by atoms with Crippen LogP contribution in [-0.2, 0) is 0 Å². The van der Waals surface area contributed by atoms with E-state index in [9.17, 15) is 5.11 Å². The van der Waals surface area contributed by atoms with Crippen molar-refractivity contribution >= 4 is 0 Å². The van der Waals surface area contributed by atoms with E-state index in [1.54, 1.807) is 0 Å². The molecule has 0 saturated carbocycles. The Kier molecular flexibility index (Phi) is 6.57. The minimum atomic E-state index is 0.247. The number of nitrogens with zero attached hydrogens (tertiary/aromatic N) is 2. The van der Waals surface area contributed by atoms with Crippen molar-refractivity contribution in [3.8, 4) is 0 Å². The highest BCUT2D eigenvalue weighted by Gasteiger charge is 2.30. The third-order valence-electron chi connectivity index (χ3n) is 4.09. The van der Waals surface area contributed by atoms with Crippen molar-refractivity contribution in [2.45, 2.75) is 45.2 Å². The quantitative estimate of drug-likeness (QED) is 0.706. The van der Waals surface area contributed by atoms with Crippen molar-refractivity contribution in [2.24, 2.45) is 0 Å². The molecule has 0 aromatic rings. The molecule has 4 nitrogen and oxygen atoms in total. The first-order chi connectivity index (χ1) is 8.49. The molecule has 0 bridgehead atoms. The van der Waals surface area contributed by atoms with E-state index in [1.165, 1.54) is 0 Å². The van der Waals surface area contributed by atoms with Crippen LogP contribution in [0.3, 0.4) is 0 Å². The molecule has 1 unspecified atom stereocenters. The number of rotatable bonds is 7. The molecule has 0 radical (unpaired) electrons. The zero-order chi connectivity index (χ0) is 13.6. The minimum absolute atomic E-state index is 0.247. The smallest absolute Gasteiger partial charge is 0.0585 e. The molecule has 1 rings (SSSR count). The number of hydrogen-bond donors (Lipinski definition) is 2. The fourth-order valence-electron chi connectivity index (χ4n) is 2.48. The third kappa shape index (κ3) is 4.84. The predicted molar refractivity (Wildman–Crippen MR) is 76.9 cm³/mol. The summed E-state index contributed by atoms with van der Waals surface area (Å²) in [5, 5.41) is 12.7.